The molecule has 0 atom stereocenters. The van der Waals surface area contributed by atoms with Crippen molar-refractivity contribution < 1.29 is 9.90 Å². The Bertz CT molecular complexity index is 679. The average molecular weight is 285 g/mol. The number of amides is 1. The highest BCUT2D eigenvalue weighted by atomic mass is 32.1. The van der Waals surface area contributed by atoms with Gasteiger partial charge in [0.05, 0.1) is 9.75 Å². The third kappa shape index (κ3) is 3.08. The van der Waals surface area contributed by atoms with Gasteiger partial charge >= 0.3 is 0 Å². The van der Waals surface area contributed by atoms with E-state index in [-0.39, 0.29) is 12.5 Å². The fourth-order valence-corrected chi connectivity index (χ4v) is 2.72. The Morgan fingerprint density at radius 3 is 2.75 bits per heavy atom. The lowest BCUT2D eigenvalue weighted by Crippen LogP contribution is -2.25. The molecule has 2 aromatic rings. The van der Waals surface area contributed by atoms with Crippen LogP contribution in [-0.4, -0.2) is 24.7 Å². The maximum Gasteiger partial charge on any atom is 0.268 e. The molecule has 0 aliphatic heterocycles. The summed E-state index contributed by atoms with van der Waals surface area (Å²) in [4.78, 5) is 15.5. The van der Waals surface area contributed by atoms with Gasteiger partial charge in [0.25, 0.3) is 5.91 Å². The maximum atomic E-state index is 12.4. The van der Waals surface area contributed by atoms with Gasteiger partial charge in [-0.2, -0.15) is 0 Å². The van der Waals surface area contributed by atoms with Gasteiger partial charge in [-0.25, -0.2) is 0 Å². The molecule has 1 aromatic heterocycles. The predicted octanol–water partition coefficient (Wildman–Crippen LogP) is 2.68. The van der Waals surface area contributed by atoms with Crippen LogP contribution < -0.4 is 4.90 Å². The molecular weight excluding hydrogens is 270 g/mol. The molecule has 0 fully saturated rings. The number of hydrogen-bond donors (Lipinski definition) is 1. The van der Waals surface area contributed by atoms with E-state index in [1.54, 1.807) is 24.1 Å². The monoisotopic (exact) mass is 285 g/mol. The summed E-state index contributed by atoms with van der Waals surface area (Å²) in [5.74, 6) is 5.33. The van der Waals surface area contributed by atoms with E-state index in [1.807, 2.05) is 31.2 Å². The molecule has 0 radical (unpaired) electrons. The second-order valence-electron chi connectivity index (χ2n) is 4.27. The van der Waals surface area contributed by atoms with Crippen LogP contribution in [0.25, 0.3) is 0 Å². The molecule has 102 valence electrons. The molecular formula is C16H15NO2S. The number of anilines is 1. The first-order chi connectivity index (χ1) is 9.63. The second kappa shape index (κ2) is 6.38. The molecule has 1 amide bonds. The van der Waals surface area contributed by atoms with Gasteiger partial charge in [-0.05, 0) is 30.7 Å². The van der Waals surface area contributed by atoms with Gasteiger partial charge in [-0.3, -0.25) is 4.79 Å². The van der Waals surface area contributed by atoms with E-state index in [9.17, 15) is 4.79 Å². The van der Waals surface area contributed by atoms with Crippen LogP contribution in [0.2, 0.25) is 0 Å². The number of para-hydroxylation sites is 1. The molecule has 1 heterocycles. The maximum absolute atomic E-state index is 12.4. The highest BCUT2D eigenvalue weighted by Gasteiger charge is 2.16. The molecule has 4 heteroatoms. The van der Waals surface area contributed by atoms with Crippen LogP contribution in [0.15, 0.2) is 36.4 Å². The van der Waals surface area contributed by atoms with E-state index < -0.39 is 0 Å². The average Bonchev–Trinajstić information content (AvgIpc) is 2.93. The Balaban J connectivity index is 2.23. The normalized spacial score (nSPS) is 9.75. The summed E-state index contributed by atoms with van der Waals surface area (Å²) in [6.07, 6.45) is 0. The lowest BCUT2D eigenvalue weighted by atomic mass is 10.2. The molecule has 3 nitrogen and oxygen atoms in total. The van der Waals surface area contributed by atoms with Crippen molar-refractivity contribution in [3.8, 4) is 11.8 Å². The third-order valence-corrected chi connectivity index (χ3v) is 3.88. The van der Waals surface area contributed by atoms with Crippen LogP contribution in [-0.2, 0) is 0 Å². The Hall–Kier alpha value is -2.09. The Morgan fingerprint density at radius 1 is 1.30 bits per heavy atom. The van der Waals surface area contributed by atoms with Crippen LogP contribution in [0.4, 0.5) is 5.69 Å². The molecule has 0 spiro atoms. The van der Waals surface area contributed by atoms with Gasteiger partial charge in [0.1, 0.15) is 6.61 Å². The van der Waals surface area contributed by atoms with Crippen LogP contribution >= 0.6 is 11.3 Å². The summed E-state index contributed by atoms with van der Waals surface area (Å²) in [6.45, 7) is 1.80. The number of hydrogen-bond acceptors (Lipinski definition) is 3. The summed E-state index contributed by atoms with van der Waals surface area (Å²) in [5, 5.41) is 8.67. The molecule has 2 rings (SSSR count). The molecule has 0 saturated carbocycles. The second-order valence-corrected chi connectivity index (χ2v) is 5.36. The Morgan fingerprint density at radius 2 is 2.05 bits per heavy atom. The number of benzene rings is 1. The smallest absolute Gasteiger partial charge is 0.268 e. The van der Waals surface area contributed by atoms with Crippen molar-refractivity contribution in [3.63, 3.8) is 0 Å². The SMILES string of the molecule is Cc1ccccc1N(C)C(=O)c1ccc(C#CCO)s1. The van der Waals surface area contributed by atoms with Crippen molar-refractivity contribution in [2.45, 2.75) is 6.92 Å². The molecule has 1 N–H and O–H groups in total. The number of aliphatic hydroxyl groups is 1. The van der Waals surface area contributed by atoms with Crippen molar-refractivity contribution in [2.24, 2.45) is 0 Å². The fraction of sp³-hybridized carbons (Fsp3) is 0.188. The Kier molecular flexibility index (Phi) is 4.57. The minimum Gasteiger partial charge on any atom is -0.384 e. The summed E-state index contributed by atoms with van der Waals surface area (Å²) in [6, 6.07) is 11.3. The van der Waals surface area contributed by atoms with Gasteiger partial charge in [0, 0.05) is 12.7 Å². The van der Waals surface area contributed by atoms with E-state index in [0.717, 1.165) is 16.1 Å². The van der Waals surface area contributed by atoms with Gasteiger partial charge < -0.3 is 10.0 Å². The minimum absolute atomic E-state index is 0.0543. The predicted molar refractivity (Wildman–Crippen MR) is 82.2 cm³/mol. The van der Waals surface area contributed by atoms with E-state index in [1.165, 1.54) is 11.3 Å². The lowest BCUT2D eigenvalue weighted by molar-refractivity contribution is 0.0996. The van der Waals surface area contributed by atoms with Crippen molar-refractivity contribution >= 4 is 22.9 Å². The van der Waals surface area contributed by atoms with Crippen LogP contribution in [0.1, 0.15) is 20.1 Å². The lowest BCUT2D eigenvalue weighted by Gasteiger charge is -2.18. The molecule has 0 aliphatic rings. The highest BCUT2D eigenvalue weighted by molar-refractivity contribution is 7.14. The topological polar surface area (TPSA) is 40.5 Å². The minimum atomic E-state index is -0.176. The zero-order chi connectivity index (χ0) is 14.5. The molecule has 0 aliphatic carbocycles. The summed E-state index contributed by atoms with van der Waals surface area (Å²) >= 11 is 1.33. The molecule has 20 heavy (non-hydrogen) atoms. The summed E-state index contributed by atoms with van der Waals surface area (Å²) in [7, 11) is 1.77. The van der Waals surface area contributed by atoms with E-state index in [4.69, 9.17) is 5.11 Å². The first-order valence-electron chi connectivity index (χ1n) is 6.16. The molecule has 0 saturated heterocycles. The number of aliphatic hydroxyl groups excluding tert-OH is 1. The highest BCUT2D eigenvalue weighted by Crippen LogP contribution is 2.23. The number of carbonyl (C=O) groups is 1. The first kappa shape index (κ1) is 14.3. The van der Waals surface area contributed by atoms with E-state index >= 15 is 0 Å². The van der Waals surface area contributed by atoms with E-state index in [0.29, 0.717) is 4.88 Å². The van der Waals surface area contributed by atoms with Crippen molar-refractivity contribution in [1.29, 1.82) is 0 Å². The van der Waals surface area contributed by atoms with Crippen LogP contribution in [0.3, 0.4) is 0 Å². The van der Waals surface area contributed by atoms with Gasteiger partial charge in [0.15, 0.2) is 0 Å². The van der Waals surface area contributed by atoms with E-state index in [2.05, 4.69) is 11.8 Å². The van der Waals surface area contributed by atoms with Crippen LogP contribution in [0.5, 0.6) is 0 Å². The zero-order valence-corrected chi connectivity index (χ0v) is 12.2. The number of thiophene rings is 1. The largest absolute Gasteiger partial charge is 0.384 e. The number of carbonyl (C=O) groups excluding carboxylic acids is 1. The number of rotatable bonds is 2. The number of nitrogens with zero attached hydrogens (tertiary/aromatic N) is 1. The van der Waals surface area contributed by atoms with Gasteiger partial charge in [-0.15, -0.1) is 11.3 Å². The van der Waals surface area contributed by atoms with Crippen molar-refractivity contribution in [3.05, 3.63) is 51.7 Å². The third-order valence-electron chi connectivity index (χ3n) is 2.89. The molecule has 0 unspecified atom stereocenters. The van der Waals surface area contributed by atoms with Crippen LogP contribution in [0, 0.1) is 18.8 Å². The van der Waals surface area contributed by atoms with Gasteiger partial charge in [-0.1, -0.05) is 30.0 Å². The quantitative estimate of drug-likeness (QED) is 0.862. The standard InChI is InChI=1S/C16H15NO2S/c1-12-6-3-4-8-14(12)17(2)16(19)15-10-9-13(20-15)7-5-11-18/h3-4,6,8-10,18H,11H2,1-2H3. The van der Waals surface area contributed by atoms with Gasteiger partial charge in [0.2, 0.25) is 0 Å². The molecule has 0 bridgehead atoms. The fourth-order valence-electron chi connectivity index (χ4n) is 1.86. The van der Waals surface area contributed by atoms with Crippen molar-refractivity contribution in [1.82, 2.24) is 0 Å². The molecule has 1 aromatic carbocycles. The summed E-state index contributed by atoms with van der Waals surface area (Å²) < 4.78 is 0. The number of aryl methyl sites for hydroxylation is 1. The Labute approximate surface area is 122 Å². The first-order valence-corrected chi connectivity index (χ1v) is 6.98. The zero-order valence-electron chi connectivity index (χ0n) is 11.4. The van der Waals surface area contributed by atoms with Crippen molar-refractivity contribution in [2.75, 3.05) is 18.6 Å². The summed E-state index contributed by atoms with van der Waals surface area (Å²) in [5.41, 5.74) is 1.95.